The van der Waals surface area contributed by atoms with Gasteiger partial charge in [0, 0.05) is 13.1 Å². The number of hydrogen-bond donors (Lipinski definition) is 1. The van der Waals surface area contributed by atoms with E-state index < -0.39 is 17.9 Å². The number of hydrogen-bond acceptors (Lipinski definition) is 3. The van der Waals surface area contributed by atoms with Crippen LogP contribution < -0.4 is 5.32 Å². The number of rotatable bonds is 2. The largest absolute Gasteiger partial charge is 0.461 e. The molecule has 0 saturated heterocycles. The summed E-state index contributed by atoms with van der Waals surface area (Å²) in [6.07, 6.45) is -5.13. The number of halogens is 5. The maximum Gasteiger partial charge on any atom is 0.461 e. The van der Waals surface area contributed by atoms with E-state index in [2.05, 4.69) is 15.5 Å². The first kappa shape index (κ1) is 13.2. The minimum atomic E-state index is -5.66. The number of alkyl halides is 5. The van der Waals surface area contributed by atoms with Crippen molar-refractivity contribution >= 4 is 0 Å². The maximum atomic E-state index is 13.2. The van der Waals surface area contributed by atoms with Gasteiger partial charge in [-0.25, -0.2) is 0 Å². The fourth-order valence-electron chi connectivity index (χ4n) is 1.92. The van der Waals surface area contributed by atoms with Crippen molar-refractivity contribution in [2.45, 2.75) is 38.0 Å². The molecule has 18 heavy (non-hydrogen) atoms. The Kier molecular flexibility index (Phi) is 3.04. The van der Waals surface area contributed by atoms with Gasteiger partial charge in [-0.3, -0.25) is 0 Å². The zero-order valence-electron chi connectivity index (χ0n) is 9.43. The van der Waals surface area contributed by atoms with E-state index >= 15 is 0 Å². The molecule has 9 heteroatoms. The third-order valence-electron chi connectivity index (χ3n) is 2.86. The van der Waals surface area contributed by atoms with Crippen LogP contribution in [0.3, 0.4) is 0 Å². The zero-order chi connectivity index (χ0) is 13.6. The molecule has 1 aliphatic rings. The molecule has 2 rings (SSSR count). The van der Waals surface area contributed by atoms with Gasteiger partial charge >= 0.3 is 12.1 Å². The first-order valence-corrected chi connectivity index (χ1v) is 5.40. The number of nitrogens with zero attached hydrogens (tertiary/aromatic N) is 3. The van der Waals surface area contributed by atoms with Crippen molar-refractivity contribution in [3.8, 4) is 0 Å². The summed E-state index contributed by atoms with van der Waals surface area (Å²) in [4.78, 5) is 0. The highest BCUT2D eigenvalue weighted by molar-refractivity contribution is 5.10. The molecule has 1 atom stereocenters. The normalized spacial score (nSPS) is 20.9. The van der Waals surface area contributed by atoms with Crippen LogP contribution in [0.1, 0.15) is 31.0 Å². The summed E-state index contributed by atoms with van der Waals surface area (Å²) in [5.74, 6) is -6.18. The van der Waals surface area contributed by atoms with Crippen LogP contribution in [-0.4, -0.2) is 27.5 Å². The van der Waals surface area contributed by atoms with Crippen molar-refractivity contribution in [1.29, 1.82) is 0 Å². The Morgan fingerprint density at radius 3 is 2.50 bits per heavy atom. The molecule has 1 N–H and O–H groups in total. The lowest BCUT2D eigenvalue weighted by Gasteiger charge is -2.26. The quantitative estimate of drug-likeness (QED) is 0.836. The van der Waals surface area contributed by atoms with Gasteiger partial charge in [-0.05, 0) is 6.42 Å². The molecule has 1 aromatic rings. The SMILES string of the molecule is CCC1NCCn2c1nnc2C(F)(F)C(F)(F)F. The summed E-state index contributed by atoms with van der Waals surface area (Å²) in [6.45, 7) is 2.09. The van der Waals surface area contributed by atoms with E-state index in [0.717, 1.165) is 4.57 Å². The Morgan fingerprint density at radius 2 is 1.94 bits per heavy atom. The maximum absolute atomic E-state index is 13.2. The lowest BCUT2D eigenvalue weighted by Crippen LogP contribution is -2.40. The highest BCUT2D eigenvalue weighted by atomic mass is 19.4. The lowest BCUT2D eigenvalue weighted by atomic mass is 10.1. The first-order valence-electron chi connectivity index (χ1n) is 5.40. The van der Waals surface area contributed by atoms with E-state index in [1.165, 1.54) is 0 Å². The summed E-state index contributed by atoms with van der Waals surface area (Å²) < 4.78 is 64.2. The average molecular weight is 270 g/mol. The number of nitrogens with one attached hydrogen (secondary N) is 1. The van der Waals surface area contributed by atoms with Crippen LogP contribution in [0, 0.1) is 0 Å². The molecule has 4 nitrogen and oxygen atoms in total. The standard InChI is InChI=1S/C9H11F5N4/c1-2-5-6-16-17-7(18(6)4-3-15-5)8(10,11)9(12,13)14/h5,15H,2-4H2,1H3. The van der Waals surface area contributed by atoms with Gasteiger partial charge in [0.05, 0.1) is 6.04 Å². The van der Waals surface area contributed by atoms with Crippen LogP contribution in [0.5, 0.6) is 0 Å². The molecule has 0 aliphatic carbocycles. The van der Waals surface area contributed by atoms with E-state index in [1.807, 2.05) is 0 Å². The van der Waals surface area contributed by atoms with Crippen LogP contribution >= 0.6 is 0 Å². The van der Waals surface area contributed by atoms with E-state index in [-0.39, 0.29) is 18.4 Å². The first-order chi connectivity index (χ1) is 8.29. The highest BCUT2D eigenvalue weighted by Crippen LogP contribution is 2.43. The van der Waals surface area contributed by atoms with Crippen molar-refractivity contribution in [2.75, 3.05) is 6.54 Å². The summed E-state index contributed by atoms with van der Waals surface area (Å²) in [7, 11) is 0. The Bertz CT molecular complexity index is 439. The average Bonchev–Trinajstić information content (AvgIpc) is 2.71. The van der Waals surface area contributed by atoms with Gasteiger partial charge < -0.3 is 9.88 Å². The molecule has 0 radical (unpaired) electrons. The fourth-order valence-corrected chi connectivity index (χ4v) is 1.92. The zero-order valence-corrected chi connectivity index (χ0v) is 9.43. The van der Waals surface area contributed by atoms with Crippen LogP contribution in [0.25, 0.3) is 0 Å². The predicted molar refractivity (Wildman–Crippen MR) is 51.0 cm³/mol. The molecule has 0 amide bonds. The lowest BCUT2D eigenvalue weighted by molar-refractivity contribution is -0.293. The molecule has 0 bridgehead atoms. The highest BCUT2D eigenvalue weighted by Gasteiger charge is 2.62. The van der Waals surface area contributed by atoms with E-state index in [4.69, 9.17) is 0 Å². The Morgan fingerprint density at radius 1 is 1.28 bits per heavy atom. The van der Waals surface area contributed by atoms with Gasteiger partial charge in [0.25, 0.3) is 0 Å². The third kappa shape index (κ3) is 1.86. The number of aromatic nitrogens is 3. The van der Waals surface area contributed by atoms with Crippen molar-refractivity contribution in [1.82, 2.24) is 20.1 Å². The molecule has 0 fully saturated rings. The molecular weight excluding hydrogens is 259 g/mol. The van der Waals surface area contributed by atoms with Gasteiger partial charge in [-0.15, -0.1) is 10.2 Å². The van der Waals surface area contributed by atoms with E-state index in [1.54, 1.807) is 6.92 Å². The summed E-state index contributed by atoms with van der Waals surface area (Å²) >= 11 is 0. The summed E-state index contributed by atoms with van der Waals surface area (Å²) in [5.41, 5.74) is 0. The number of fused-ring (bicyclic) bond motifs is 1. The van der Waals surface area contributed by atoms with Crippen LogP contribution in [-0.2, 0) is 12.5 Å². The van der Waals surface area contributed by atoms with Gasteiger partial charge in [-0.2, -0.15) is 22.0 Å². The van der Waals surface area contributed by atoms with Crippen LogP contribution in [0.15, 0.2) is 0 Å². The monoisotopic (exact) mass is 270 g/mol. The topological polar surface area (TPSA) is 42.7 Å². The van der Waals surface area contributed by atoms with Crippen molar-refractivity contribution in [3.05, 3.63) is 11.6 Å². The second kappa shape index (κ2) is 4.15. The molecular formula is C9H11F5N4. The van der Waals surface area contributed by atoms with Gasteiger partial charge in [-0.1, -0.05) is 6.92 Å². The Labute approximate surface area is 99.2 Å². The molecule has 1 aliphatic heterocycles. The summed E-state index contributed by atoms with van der Waals surface area (Å²) in [6, 6.07) is -0.343. The minimum Gasteiger partial charge on any atom is -0.307 e. The smallest absolute Gasteiger partial charge is 0.307 e. The van der Waals surface area contributed by atoms with Gasteiger partial charge in [0.15, 0.2) is 0 Å². The molecule has 2 heterocycles. The molecule has 102 valence electrons. The predicted octanol–water partition coefficient (Wildman–Crippen LogP) is 1.99. The molecule has 0 spiro atoms. The molecule has 1 aromatic heterocycles. The van der Waals surface area contributed by atoms with Crippen LogP contribution in [0.4, 0.5) is 22.0 Å². The van der Waals surface area contributed by atoms with Gasteiger partial charge in [0.1, 0.15) is 5.82 Å². The second-order valence-electron chi connectivity index (χ2n) is 4.02. The Hall–Kier alpha value is -1.25. The second-order valence-corrected chi connectivity index (χ2v) is 4.02. The minimum absolute atomic E-state index is 0.000162. The van der Waals surface area contributed by atoms with E-state index in [9.17, 15) is 22.0 Å². The van der Waals surface area contributed by atoms with Crippen molar-refractivity contribution < 1.29 is 22.0 Å². The fraction of sp³-hybridized carbons (Fsp3) is 0.778. The van der Waals surface area contributed by atoms with Crippen molar-refractivity contribution in [2.24, 2.45) is 0 Å². The van der Waals surface area contributed by atoms with Gasteiger partial charge in [0.2, 0.25) is 5.82 Å². The molecule has 0 aromatic carbocycles. The Balaban J connectivity index is 2.46. The van der Waals surface area contributed by atoms with E-state index in [0.29, 0.717) is 13.0 Å². The van der Waals surface area contributed by atoms with Crippen LogP contribution in [0.2, 0.25) is 0 Å². The summed E-state index contributed by atoms with van der Waals surface area (Å²) in [5, 5.41) is 9.48. The van der Waals surface area contributed by atoms with Crippen molar-refractivity contribution in [3.63, 3.8) is 0 Å². The molecule has 0 saturated carbocycles. The molecule has 1 unspecified atom stereocenters. The third-order valence-corrected chi connectivity index (χ3v) is 2.86.